The lowest BCUT2D eigenvalue weighted by molar-refractivity contribution is -0.141. The predicted molar refractivity (Wildman–Crippen MR) is 168 cm³/mol. The SMILES string of the molecule is CC(=O)Nc1nc(CCc2ccc(N/C(=N/C(=O)OC(C)(C)C)NC(=O)OC(C)(C)C)cc2)c(CN2CC[C@H](C(=O)O)C2)s1. The first kappa shape index (κ1) is 34.5. The number of carbonyl (C=O) groups is 4. The van der Waals surface area contributed by atoms with Gasteiger partial charge in [-0.2, -0.15) is 0 Å². The highest BCUT2D eigenvalue weighted by molar-refractivity contribution is 7.15. The van der Waals surface area contributed by atoms with E-state index in [4.69, 9.17) is 9.47 Å². The van der Waals surface area contributed by atoms with Gasteiger partial charge in [0.1, 0.15) is 11.2 Å². The monoisotopic (exact) mass is 630 g/mol. The average molecular weight is 631 g/mol. The van der Waals surface area contributed by atoms with Crippen LogP contribution in [0.1, 0.15) is 71.0 Å². The molecule has 2 aromatic rings. The number of amides is 3. The summed E-state index contributed by atoms with van der Waals surface area (Å²) in [6.07, 6.45) is 0.218. The minimum Gasteiger partial charge on any atom is -0.481 e. The number of carboxylic acid groups (broad SMARTS) is 1. The van der Waals surface area contributed by atoms with E-state index in [1.165, 1.54) is 18.3 Å². The van der Waals surface area contributed by atoms with E-state index in [2.05, 4.69) is 30.8 Å². The molecule has 0 bridgehead atoms. The first-order valence-corrected chi connectivity index (χ1v) is 15.2. The van der Waals surface area contributed by atoms with E-state index in [-0.39, 0.29) is 17.8 Å². The fourth-order valence-corrected chi connectivity index (χ4v) is 5.40. The van der Waals surface area contributed by atoms with Crippen LogP contribution >= 0.6 is 11.3 Å². The summed E-state index contributed by atoms with van der Waals surface area (Å²) in [7, 11) is 0. The molecule has 13 nitrogen and oxygen atoms in total. The molecule has 1 aromatic carbocycles. The number of carboxylic acids is 1. The molecule has 240 valence electrons. The maximum Gasteiger partial charge on any atom is 0.437 e. The number of aryl methyl sites for hydroxylation is 2. The van der Waals surface area contributed by atoms with Crippen molar-refractivity contribution >= 4 is 52.2 Å². The van der Waals surface area contributed by atoms with Gasteiger partial charge >= 0.3 is 18.2 Å². The Morgan fingerprint density at radius 3 is 2.25 bits per heavy atom. The highest BCUT2D eigenvalue weighted by atomic mass is 32.1. The molecule has 2 heterocycles. The second kappa shape index (κ2) is 14.6. The summed E-state index contributed by atoms with van der Waals surface area (Å²) in [5.41, 5.74) is 0.908. The first-order valence-electron chi connectivity index (χ1n) is 14.3. The molecule has 44 heavy (non-hydrogen) atoms. The number of anilines is 2. The third-order valence-electron chi connectivity index (χ3n) is 6.13. The quantitative estimate of drug-likeness (QED) is 0.229. The van der Waals surface area contributed by atoms with Crippen LogP contribution in [0.5, 0.6) is 0 Å². The number of guanidine groups is 1. The Morgan fingerprint density at radius 2 is 1.68 bits per heavy atom. The molecule has 1 aliphatic rings. The van der Waals surface area contributed by atoms with E-state index in [9.17, 15) is 24.3 Å². The maximum atomic E-state index is 12.4. The molecule has 0 saturated carbocycles. The number of aliphatic carboxylic acids is 1. The summed E-state index contributed by atoms with van der Waals surface area (Å²) in [6, 6.07) is 7.38. The van der Waals surface area contributed by atoms with E-state index in [0.717, 1.165) is 16.1 Å². The van der Waals surface area contributed by atoms with Crippen molar-refractivity contribution in [2.45, 2.75) is 85.5 Å². The molecule has 0 aliphatic carbocycles. The topological polar surface area (TPSA) is 172 Å². The Bertz CT molecular complexity index is 1380. The number of aliphatic imine (C=N–C) groups is 1. The number of aromatic nitrogens is 1. The van der Waals surface area contributed by atoms with Crippen LogP contribution in [0.25, 0.3) is 0 Å². The van der Waals surface area contributed by atoms with Crippen molar-refractivity contribution in [3.8, 4) is 0 Å². The number of likely N-dealkylation sites (tertiary alicyclic amines) is 1. The number of alkyl carbamates (subject to hydrolysis) is 1. The van der Waals surface area contributed by atoms with Crippen LogP contribution in [0.15, 0.2) is 29.3 Å². The van der Waals surface area contributed by atoms with Gasteiger partial charge in [0.25, 0.3) is 0 Å². The number of hydrogen-bond donors (Lipinski definition) is 4. The van der Waals surface area contributed by atoms with Crippen LogP contribution < -0.4 is 16.0 Å². The summed E-state index contributed by atoms with van der Waals surface area (Å²) in [4.78, 5) is 59.4. The molecule has 0 spiro atoms. The van der Waals surface area contributed by atoms with Crippen LogP contribution in [0.4, 0.5) is 20.4 Å². The molecule has 3 amide bonds. The number of ether oxygens (including phenoxy) is 2. The fraction of sp³-hybridized carbons (Fsp3) is 0.533. The van der Waals surface area contributed by atoms with Crippen molar-refractivity contribution < 1.29 is 33.8 Å². The van der Waals surface area contributed by atoms with Crippen molar-refractivity contribution in [1.82, 2.24) is 15.2 Å². The predicted octanol–water partition coefficient (Wildman–Crippen LogP) is 5.02. The van der Waals surface area contributed by atoms with Gasteiger partial charge in [0.15, 0.2) is 5.13 Å². The molecule has 1 atom stereocenters. The molecular formula is C30H42N6O7S. The normalized spacial score (nSPS) is 15.9. The third-order valence-corrected chi connectivity index (χ3v) is 7.13. The zero-order chi connectivity index (χ0) is 32.7. The number of nitrogens with one attached hydrogen (secondary N) is 3. The van der Waals surface area contributed by atoms with Gasteiger partial charge in [-0.3, -0.25) is 19.8 Å². The minimum absolute atomic E-state index is 0.147. The molecule has 1 saturated heterocycles. The highest BCUT2D eigenvalue weighted by Crippen LogP contribution is 2.28. The fourth-order valence-electron chi connectivity index (χ4n) is 4.30. The average Bonchev–Trinajstić information content (AvgIpc) is 3.48. The van der Waals surface area contributed by atoms with Crippen LogP contribution in [0, 0.1) is 5.92 Å². The lowest BCUT2D eigenvalue weighted by Gasteiger charge is -2.21. The Morgan fingerprint density at radius 1 is 1.02 bits per heavy atom. The van der Waals surface area contributed by atoms with Crippen LogP contribution in [0.2, 0.25) is 0 Å². The Labute approximate surface area is 261 Å². The van der Waals surface area contributed by atoms with Crippen molar-refractivity contribution in [3.05, 3.63) is 40.4 Å². The zero-order valence-corrected chi connectivity index (χ0v) is 27.1. The second-order valence-electron chi connectivity index (χ2n) is 12.5. The van der Waals surface area contributed by atoms with E-state index in [1.54, 1.807) is 53.7 Å². The van der Waals surface area contributed by atoms with Crippen molar-refractivity contribution in [1.29, 1.82) is 0 Å². The lowest BCUT2D eigenvalue weighted by Crippen LogP contribution is -2.40. The van der Waals surface area contributed by atoms with Gasteiger partial charge in [0.05, 0.1) is 11.6 Å². The van der Waals surface area contributed by atoms with Gasteiger partial charge in [-0.05, 0) is 85.0 Å². The molecule has 4 N–H and O–H groups in total. The summed E-state index contributed by atoms with van der Waals surface area (Å²) < 4.78 is 10.5. The van der Waals surface area contributed by atoms with Gasteiger partial charge in [-0.25, -0.2) is 14.6 Å². The van der Waals surface area contributed by atoms with Gasteiger partial charge < -0.3 is 25.2 Å². The van der Waals surface area contributed by atoms with E-state index in [1.807, 2.05) is 12.1 Å². The van der Waals surface area contributed by atoms with Gasteiger partial charge in [0, 0.05) is 30.6 Å². The number of nitrogens with zero attached hydrogens (tertiary/aromatic N) is 3. The first-order chi connectivity index (χ1) is 20.5. The number of carbonyl (C=O) groups excluding carboxylic acids is 3. The molecular weight excluding hydrogens is 588 g/mol. The molecule has 1 aliphatic heterocycles. The van der Waals surface area contributed by atoms with E-state index in [0.29, 0.717) is 49.7 Å². The van der Waals surface area contributed by atoms with Gasteiger partial charge in [-0.1, -0.05) is 12.1 Å². The lowest BCUT2D eigenvalue weighted by atomic mass is 10.1. The molecule has 1 aromatic heterocycles. The Hall–Kier alpha value is -4.04. The van der Waals surface area contributed by atoms with Gasteiger partial charge in [0.2, 0.25) is 11.9 Å². The van der Waals surface area contributed by atoms with Gasteiger partial charge in [-0.15, -0.1) is 16.3 Å². The summed E-state index contributed by atoms with van der Waals surface area (Å²) in [5, 5.41) is 18.0. The highest BCUT2D eigenvalue weighted by Gasteiger charge is 2.29. The van der Waals surface area contributed by atoms with E-state index < -0.39 is 29.4 Å². The molecule has 14 heteroatoms. The van der Waals surface area contributed by atoms with E-state index >= 15 is 0 Å². The van der Waals surface area contributed by atoms with Crippen LogP contribution in [-0.2, 0) is 38.4 Å². The summed E-state index contributed by atoms with van der Waals surface area (Å²) in [5.74, 6) is -1.51. The Kier molecular flexibility index (Phi) is 11.4. The second-order valence-corrected chi connectivity index (χ2v) is 13.6. The Balaban J connectivity index is 1.69. The molecule has 3 rings (SSSR count). The maximum absolute atomic E-state index is 12.4. The van der Waals surface area contributed by atoms with Crippen molar-refractivity contribution in [2.75, 3.05) is 23.7 Å². The molecule has 0 unspecified atom stereocenters. The summed E-state index contributed by atoms with van der Waals surface area (Å²) >= 11 is 1.41. The number of thiazole rings is 1. The standard InChI is InChI=1S/C30H42N6O7S/c1-18(37)31-26-33-22(23(44-26)17-36-15-14-20(16-36)24(38)39)13-10-19-8-11-21(12-9-19)32-25(34-27(40)42-29(2,3)4)35-28(41)43-30(5,6)7/h8-9,11-12,20H,10,13-17H2,1-7H3,(H,38,39)(H,31,33,37)(H2,32,34,35,40,41)/t20-/m0/s1. The smallest absolute Gasteiger partial charge is 0.437 e. The van der Waals surface area contributed by atoms with Crippen molar-refractivity contribution in [2.24, 2.45) is 10.9 Å². The number of hydrogen-bond acceptors (Lipinski definition) is 9. The summed E-state index contributed by atoms with van der Waals surface area (Å²) in [6.45, 7) is 13.5. The number of rotatable bonds is 8. The number of benzene rings is 1. The van der Waals surface area contributed by atoms with Crippen molar-refractivity contribution in [3.63, 3.8) is 0 Å². The largest absolute Gasteiger partial charge is 0.481 e. The van der Waals surface area contributed by atoms with Crippen LogP contribution in [-0.4, -0.2) is 69.3 Å². The molecule has 1 fully saturated rings. The van der Waals surface area contributed by atoms with Crippen LogP contribution in [0.3, 0.4) is 0 Å². The zero-order valence-electron chi connectivity index (χ0n) is 26.3. The third kappa shape index (κ3) is 11.9. The minimum atomic E-state index is -0.877. The molecule has 0 radical (unpaired) electrons.